The van der Waals surface area contributed by atoms with Crippen LogP contribution >= 0.6 is 0 Å². The van der Waals surface area contributed by atoms with Crippen molar-refractivity contribution in [3.05, 3.63) is 35.7 Å². The predicted molar refractivity (Wildman–Crippen MR) is 112 cm³/mol. The number of rotatable bonds is 6. The molecule has 2 fully saturated rings. The molecule has 8 nitrogen and oxygen atoms in total. The fourth-order valence-electron chi connectivity index (χ4n) is 4.14. The van der Waals surface area contributed by atoms with Gasteiger partial charge in [-0.05, 0) is 43.2 Å². The Labute approximate surface area is 176 Å². The van der Waals surface area contributed by atoms with Gasteiger partial charge in [0.1, 0.15) is 0 Å². The first-order valence-corrected chi connectivity index (χ1v) is 10.4. The number of nitrogens with one attached hydrogen (secondary N) is 1. The molecular weight excluding hydrogens is 384 g/mol. The van der Waals surface area contributed by atoms with Crippen molar-refractivity contribution in [1.82, 2.24) is 14.7 Å². The van der Waals surface area contributed by atoms with E-state index in [0.717, 1.165) is 44.3 Å². The van der Waals surface area contributed by atoms with Crippen LogP contribution < -0.4 is 14.8 Å². The molecule has 8 heteroatoms. The number of methoxy groups -OCH3 is 2. The van der Waals surface area contributed by atoms with E-state index in [-0.39, 0.29) is 23.7 Å². The molecule has 0 radical (unpaired) electrons. The van der Waals surface area contributed by atoms with E-state index in [1.807, 2.05) is 18.1 Å². The Balaban J connectivity index is 1.57. The number of hydrogen-bond donors (Lipinski definition) is 1. The van der Waals surface area contributed by atoms with Gasteiger partial charge in [0.2, 0.25) is 5.91 Å². The van der Waals surface area contributed by atoms with E-state index < -0.39 is 0 Å². The molecule has 1 N–H and O–H groups in total. The summed E-state index contributed by atoms with van der Waals surface area (Å²) in [5, 5.41) is 7.17. The Bertz CT molecular complexity index is 949. The zero-order valence-electron chi connectivity index (χ0n) is 17.7. The number of aryl methyl sites for hydroxylation is 1. The summed E-state index contributed by atoms with van der Waals surface area (Å²) in [6.45, 7) is 1.46. The zero-order valence-corrected chi connectivity index (χ0v) is 17.7. The van der Waals surface area contributed by atoms with Crippen molar-refractivity contribution < 1.29 is 19.1 Å². The van der Waals surface area contributed by atoms with Crippen molar-refractivity contribution in [2.45, 2.75) is 31.6 Å². The van der Waals surface area contributed by atoms with Gasteiger partial charge in [-0.2, -0.15) is 5.10 Å². The summed E-state index contributed by atoms with van der Waals surface area (Å²) in [6, 6.07) is 3.34. The maximum absolute atomic E-state index is 13.2. The molecule has 2 amide bonds. The van der Waals surface area contributed by atoms with Crippen molar-refractivity contribution in [2.24, 2.45) is 13.0 Å². The summed E-state index contributed by atoms with van der Waals surface area (Å²) in [4.78, 5) is 28.0. The zero-order chi connectivity index (χ0) is 21.3. The largest absolute Gasteiger partial charge is 0.493 e. The normalized spacial score (nSPS) is 20.6. The Kier molecular flexibility index (Phi) is 5.65. The number of ether oxygens (including phenoxy) is 2. The molecule has 0 bridgehead atoms. The highest BCUT2D eigenvalue weighted by Gasteiger charge is 2.45. The van der Waals surface area contributed by atoms with E-state index in [1.165, 1.54) is 14.2 Å². The minimum atomic E-state index is -0.125. The van der Waals surface area contributed by atoms with Crippen molar-refractivity contribution in [1.29, 1.82) is 0 Å². The van der Waals surface area contributed by atoms with E-state index in [0.29, 0.717) is 22.7 Å². The first-order chi connectivity index (χ1) is 14.5. The molecule has 1 aliphatic carbocycles. The van der Waals surface area contributed by atoms with Gasteiger partial charge in [0.05, 0.1) is 31.7 Å². The number of hydrogen-bond acceptors (Lipinski definition) is 5. The van der Waals surface area contributed by atoms with Crippen LogP contribution in [0.15, 0.2) is 24.5 Å². The SMILES string of the molecule is COc1cc(NC(=O)[C@@H]2C[C@H]2c2cnn(C)c2)c(C(=O)N2CCCCC2)cc1OC. The third-order valence-electron chi connectivity index (χ3n) is 5.94. The molecule has 1 aromatic carbocycles. The summed E-state index contributed by atoms with van der Waals surface area (Å²) >= 11 is 0. The van der Waals surface area contributed by atoms with E-state index in [4.69, 9.17) is 9.47 Å². The van der Waals surface area contributed by atoms with Gasteiger partial charge in [-0.25, -0.2) is 0 Å². The third kappa shape index (κ3) is 3.99. The van der Waals surface area contributed by atoms with Gasteiger partial charge in [0.15, 0.2) is 11.5 Å². The fourth-order valence-corrected chi connectivity index (χ4v) is 4.14. The second-order valence-corrected chi connectivity index (χ2v) is 7.99. The number of piperidine rings is 1. The first-order valence-electron chi connectivity index (χ1n) is 10.4. The monoisotopic (exact) mass is 412 g/mol. The summed E-state index contributed by atoms with van der Waals surface area (Å²) in [5.74, 6) is 0.799. The van der Waals surface area contributed by atoms with Gasteiger partial charge in [-0.15, -0.1) is 0 Å². The molecule has 30 heavy (non-hydrogen) atoms. The van der Waals surface area contributed by atoms with Gasteiger partial charge in [0, 0.05) is 38.3 Å². The van der Waals surface area contributed by atoms with E-state index >= 15 is 0 Å². The topological polar surface area (TPSA) is 85.7 Å². The number of anilines is 1. The number of carbonyl (C=O) groups is 2. The molecule has 2 aromatic rings. The molecule has 4 rings (SSSR count). The van der Waals surface area contributed by atoms with Crippen LogP contribution in [0.25, 0.3) is 0 Å². The van der Waals surface area contributed by atoms with E-state index in [2.05, 4.69) is 10.4 Å². The minimum absolute atomic E-state index is 0.0921. The lowest BCUT2D eigenvalue weighted by molar-refractivity contribution is -0.117. The molecule has 1 saturated carbocycles. The second kappa shape index (κ2) is 8.38. The maximum atomic E-state index is 13.2. The predicted octanol–water partition coefficient (Wildman–Crippen LogP) is 2.81. The average Bonchev–Trinajstić information content (AvgIpc) is 3.47. The summed E-state index contributed by atoms with van der Waals surface area (Å²) < 4.78 is 12.5. The molecule has 1 aromatic heterocycles. The van der Waals surface area contributed by atoms with Crippen LogP contribution in [-0.4, -0.2) is 53.8 Å². The van der Waals surface area contributed by atoms with Gasteiger partial charge in [0.25, 0.3) is 5.91 Å². The summed E-state index contributed by atoms with van der Waals surface area (Å²) in [7, 11) is 4.94. The lowest BCUT2D eigenvalue weighted by Gasteiger charge is -2.28. The summed E-state index contributed by atoms with van der Waals surface area (Å²) in [5.41, 5.74) is 1.96. The number of likely N-dealkylation sites (tertiary alicyclic amines) is 1. The molecular formula is C22H28N4O4. The Morgan fingerprint density at radius 2 is 1.80 bits per heavy atom. The van der Waals surface area contributed by atoms with Crippen LogP contribution in [0.2, 0.25) is 0 Å². The van der Waals surface area contributed by atoms with Crippen LogP contribution in [0.1, 0.15) is 47.5 Å². The van der Waals surface area contributed by atoms with Gasteiger partial charge >= 0.3 is 0 Å². The highest BCUT2D eigenvalue weighted by molar-refractivity contribution is 6.05. The van der Waals surface area contributed by atoms with Crippen LogP contribution in [0.5, 0.6) is 11.5 Å². The van der Waals surface area contributed by atoms with Gasteiger partial charge < -0.3 is 19.7 Å². The number of amides is 2. The van der Waals surface area contributed by atoms with Crippen LogP contribution in [0, 0.1) is 5.92 Å². The summed E-state index contributed by atoms with van der Waals surface area (Å²) in [6.07, 6.45) is 7.65. The molecule has 2 aliphatic rings. The van der Waals surface area contributed by atoms with Crippen LogP contribution in [0.3, 0.4) is 0 Å². The van der Waals surface area contributed by atoms with E-state index in [9.17, 15) is 9.59 Å². The smallest absolute Gasteiger partial charge is 0.256 e. The lowest BCUT2D eigenvalue weighted by Crippen LogP contribution is -2.36. The molecule has 0 unspecified atom stereocenters. The molecule has 1 aliphatic heterocycles. The second-order valence-electron chi connectivity index (χ2n) is 7.99. The van der Waals surface area contributed by atoms with Crippen molar-refractivity contribution in [3.8, 4) is 11.5 Å². The van der Waals surface area contributed by atoms with Crippen LogP contribution in [-0.2, 0) is 11.8 Å². The number of nitrogens with zero attached hydrogens (tertiary/aromatic N) is 3. The Morgan fingerprint density at radius 1 is 1.10 bits per heavy atom. The van der Waals surface area contributed by atoms with Crippen molar-refractivity contribution >= 4 is 17.5 Å². The maximum Gasteiger partial charge on any atom is 0.256 e. The van der Waals surface area contributed by atoms with Gasteiger partial charge in [-0.1, -0.05) is 0 Å². The van der Waals surface area contributed by atoms with Gasteiger partial charge in [-0.3, -0.25) is 14.3 Å². The Morgan fingerprint density at radius 3 is 2.43 bits per heavy atom. The number of carbonyl (C=O) groups excluding carboxylic acids is 2. The highest BCUT2D eigenvalue weighted by Crippen LogP contribution is 2.48. The molecule has 2 atom stereocenters. The molecule has 0 spiro atoms. The third-order valence-corrected chi connectivity index (χ3v) is 5.94. The average molecular weight is 412 g/mol. The number of aromatic nitrogens is 2. The molecule has 160 valence electrons. The van der Waals surface area contributed by atoms with Crippen molar-refractivity contribution in [2.75, 3.05) is 32.6 Å². The van der Waals surface area contributed by atoms with E-state index in [1.54, 1.807) is 23.0 Å². The minimum Gasteiger partial charge on any atom is -0.493 e. The Hall–Kier alpha value is -3.03. The van der Waals surface area contributed by atoms with Crippen LogP contribution in [0.4, 0.5) is 5.69 Å². The number of benzene rings is 1. The lowest BCUT2D eigenvalue weighted by atomic mass is 10.1. The molecule has 1 saturated heterocycles. The quantitative estimate of drug-likeness (QED) is 0.789. The standard InChI is InChI=1S/C22H28N4O4/c1-25-13-14(12-23-25)15-9-16(15)21(27)24-18-11-20(30-3)19(29-2)10-17(18)22(28)26-7-5-4-6-8-26/h10-13,15-16H,4-9H2,1-3H3,(H,24,27)/t15-,16+/m0/s1. The van der Waals surface area contributed by atoms with Crippen molar-refractivity contribution in [3.63, 3.8) is 0 Å². The molecule has 2 heterocycles. The fraction of sp³-hybridized carbons (Fsp3) is 0.500. The first kappa shape index (κ1) is 20.3. The highest BCUT2D eigenvalue weighted by atomic mass is 16.5.